The maximum absolute atomic E-state index is 12.4. The normalized spacial score (nSPS) is 15.0. The first-order chi connectivity index (χ1) is 11.4. The van der Waals surface area contributed by atoms with Crippen LogP contribution in [0.25, 0.3) is 0 Å². The molecule has 2 aromatic rings. The second kappa shape index (κ2) is 6.72. The molecule has 0 fully saturated rings. The van der Waals surface area contributed by atoms with Gasteiger partial charge in [-0.15, -0.1) is 0 Å². The van der Waals surface area contributed by atoms with Crippen molar-refractivity contribution in [2.45, 2.75) is 24.3 Å². The van der Waals surface area contributed by atoms with Crippen LogP contribution < -0.4 is 9.46 Å². The number of nitrogens with one attached hydrogen (secondary N) is 1. The highest BCUT2D eigenvalue weighted by Gasteiger charge is 2.21. The highest BCUT2D eigenvalue weighted by molar-refractivity contribution is 7.89. The van der Waals surface area contributed by atoms with Crippen molar-refractivity contribution in [2.75, 3.05) is 13.2 Å². The zero-order valence-corrected chi connectivity index (χ0v) is 14.7. The first-order valence-corrected chi connectivity index (χ1v) is 9.43. The van der Waals surface area contributed by atoms with E-state index in [1.807, 2.05) is 6.07 Å². The quantitative estimate of drug-likeness (QED) is 0.851. The summed E-state index contributed by atoms with van der Waals surface area (Å²) in [5, 5.41) is 10.7. The Labute approximate surface area is 146 Å². The van der Waals surface area contributed by atoms with Gasteiger partial charge in [0.2, 0.25) is 10.0 Å². The van der Waals surface area contributed by atoms with Crippen LogP contribution >= 0.6 is 11.6 Å². The fourth-order valence-corrected chi connectivity index (χ4v) is 4.21. The van der Waals surface area contributed by atoms with E-state index in [9.17, 15) is 13.5 Å². The van der Waals surface area contributed by atoms with Crippen LogP contribution in [0.1, 0.15) is 22.8 Å². The van der Waals surface area contributed by atoms with Crippen LogP contribution in [0.3, 0.4) is 0 Å². The number of ether oxygens (including phenoxy) is 1. The number of benzene rings is 2. The second-order valence-electron chi connectivity index (χ2n) is 5.70. The van der Waals surface area contributed by atoms with E-state index in [0.29, 0.717) is 22.8 Å². The molecule has 2 N–H and O–H groups in total. The predicted octanol–water partition coefficient (Wildman–Crippen LogP) is 2.60. The molecule has 2 aromatic carbocycles. The first kappa shape index (κ1) is 17.2. The van der Waals surface area contributed by atoms with Crippen molar-refractivity contribution in [3.8, 4) is 5.75 Å². The van der Waals surface area contributed by atoms with Crippen molar-refractivity contribution in [1.29, 1.82) is 0 Å². The molecule has 1 heterocycles. The summed E-state index contributed by atoms with van der Waals surface area (Å²) in [6.45, 7) is 2.16. The topological polar surface area (TPSA) is 75.6 Å². The van der Waals surface area contributed by atoms with Crippen molar-refractivity contribution in [3.63, 3.8) is 0 Å². The molecule has 24 heavy (non-hydrogen) atoms. The van der Waals surface area contributed by atoms with Gasteiger partial charge in [-0.2, -0.15) is 0 Å². The van der Waals surface area contributed by atoms with E-state index in [4.69, 9.17) is 16.3 Å². The van der Waals surface area contributed by atoms with Gasteiger partial charge in [-0.25, -0.2) is 13.1 Å². The molecule has 3 rings (SSSR count). The summed E-state index contributed by atoms with van der Waals surface area (Å²) in [5.74, 6) is 0.820. The summed E-state index contributed by atoms with van der Waals surface area (Å²) in [6, 6.07) is 10.1. The maximum Gasteiger partial charge on any atom is 0.240 e. The lowest BCUT2D eigenvalue weighted by molar-refractivity contribution is 0.182. The zero-order chi connectivity index (χ0) is 17.3. The van der Waals surface area contributed by atoms with E-state index in [1.165, 1.54) is 6.07 Å². The lowest BCUT2D eigenvalue weighted by atomic mass is 10.0. The summed E-state index contributed by atoms with van der Waals surface area (Å²) in [5.41, 5.74) is 2.17. The number of aliphatic hydroxyl groups is 1. The third-order valence-electron chi connectivity index (χ3n) is 4.07. The molecule has 0 saturated carbocycles. The van der Waals surface area contributed by atoms with Crippen molar-refractivity contribution in [3.05, 3.63) is 58.1 Å². The van der Waals surface area contributed by atoms with E-state index in [0.717, 1.165) is 17.7 Å². The summed E-state index contributed by atoms with van der Waals surface area (Å²) in [4.78, 5) is 0.115. The number of aliphatic hydroxyl groups excluding tert-OH is 1. The lowest BCUT2D eigenvalue weighted by Gasteiger charge is -2.15. The molecule has 0 aromatic heterocycles. The Balaban J connectivity index is 1.73. The molecular formula is C17H18ClNO4S. The number of hydrogen-bond acceptors (Lipinski definition) is 4. The van der Waals surface area contributed by atoms with Crippen LogP contribution in [-0.2, 0) is 16.4 Å². The van der Waals surface area contributed by atoms with Gasteiger partial charge >= 0.3 is 0 Å². The Hall–Kier alpha value is -1.60. The Morgan fingerprint density at radius 2 is 2.12 bits per heavy atom. The molecular weight excluding hydrogens is 350 g/mol. The van der Waals surface area contributed by atoms with Crippen LogP contribution in [0.5, 0.6) is 5.75 Å². The molecule has 0 saturated heterocycles. The van der Waals surface area contributed by atoms with Gasteiger partial charge in [-0.3, -0.25) is 0 Å². The number of hydrogen-bond donors (Lipinski definition) is 2. The van der Waals surface area contributed by atoms with Crippen molar-refractivity contribution >= 4 is 21.6 Å². The Kier molecular flexibility index (Phi) is 4.83. The summed E-state index contributed by atoms with van der Waals surface area (Å²) in [7, 11) is -3.75. The summed E-state index contributed by atoms with van der Waals surface area (Å²) >= 11 is 5.98. The average molecular weight is 368 g/mol. The molecule has 7 heteroatoms. The van der Waals surface area contributed by atoms with Gasteiger partial charge in [0.25, 0.3) is 0 Å². The van der Waals surface area contributed by atoms with Gasteiger partial charge in [0.05, 0.1) is 17.6 Å². The maximum atomic E-state index is 12.4. The predicted molar refractivity (Wildman–Crippen MR) is 92.0 cm³/mol. The van der Waals surface area contributed by atoms with Crippen molar-refractivity contribution in [1.82, 2.24) is 4.72 Å². The summed E-state index contributed by atoms with van der Waals surface area (Å²) < 4.78 is 32.7. The van der Waals surface area contributed by atoms with Crippen LogP contribution in [0, 0.1) is 6.92 Å². The monoisotopic (exact) mass is 367 g/mol. The lowest BCUT2D eigenvalue weighted by Crippen LogP contribution is -2.29. The second-order valence-corrected chi connectivity index (χ2v) is 7.84. The third-order valence-corrected chi connectivity index (χ3v) is 6.05. The van der Waals surface area contributed by atoms with Gasteiger partial charge in [0.15, 0.2) is 0 Å². The molecule has 1 aliphatic rings. The largest absolute Gasteiger partial charge is 0.493 e. The Morgan fingerprint density at radius 3 is 2.92 bits per heavy atom. The van der Waals surface area contributed by atoms with Crippen LogP contribution in [-0.4, -0.2) is 26.7 Å². The van der Waals surface area contributed by atoms with Crippen molar-refractivity contribution < 1.29 is 18.3 Å². The van der Waals surface area contributed by atoms with Crippen LogP contribution in [0.4, 0.5) is 0 Å². The molecule has 5 nitrogen and oxygen atoms in total. The molecule has 0 amide bonds. The van der Waals surface area contributed by atoms with Crippen LogP contribution in [0.2, 0.25) is 5.02 Å². The highest BCUT2D eigenvalue weighted by atomic mass is 35.5. The highest BCUT2D eigenvalue weighted by Crippen LogP contribution is 2.28. The van der Waals surface area contributed by atoms with E-state index < -0.39 is 16.1 Å². The van der Waals surface area contributed by atoms with E-state index in [2.05, 4.69) is 4.72 Å². The molecule has 128 valence electrons. The number of sulfonamides is 1. The van der Waals surface area contributed by atoms with Crippen molar-refractivity contribution in [2.24, 2.45) is 0 Å². The number of fused-ring (bicyclic) bond motifs is 1. The smallest absolute Gasteiger partial charge is 0.240 e. The minimum atomic E-state index is -3.75. The van der Waals surface area contributed by atoms with E-state index in [-0.39, 0.29) is 11.4 Å². The SMILES string of the molecule is Cc1c(Cl)cccc1S(=O)(=O)NC[C@@H](O)c1ccc2c(c1)CCO2. The Morgan fingerprint density at radius 1 is 1.33 bits per heavy atom. The standard InChI is InChI=1S/C17H18ClNO4S/c1-11-14(18)3-2-4-17(11)24(21,22)19-10-15(20)12-5-6-16-13(9-12)7-8-23-16/h2-6,9,15,19-20H,7-8,10H2,1H3/t15-/m1/s1. The minimum Gasteiger partial charge on any atom is -0.493 e. The van der Waals surface area contributed by atoms with Gasteiger partial charge < -0.3 is 9.84 Å². The van der Waals surface area contributed by atoms with Gasteiger partial charge in [-0.1, -0.05) is 23.7 Å². The minimum absolute atomic E-state index is 0.115. The molecule has 0 radical (unpaired) electrons. The average Bonchev–Trinajstić information content (AvgIpc) is 3.02. The first-order valence-electron chi connectivity index (χ1n) is 7.57. The molecule has 1 aliphatic heterocycles. The van der Waals surface area contributed by atoms with Gasteiger partial charge in [-0.05, 0) is 47.9 Å². The fourth-order valence-electron chi connectivity index (χ4n) is 2.68. The zero-order valence-electron chi connectivity index (χ0n) is 13.1. The Bertz CT molecular complexity index is 867. The molecule has 0 bridgehead atoms. The number of rotatable bonds is 5. The van der Waals surface area contributed by atoms with E-state index in [1.54, 1.807) is 31.2 Å². The molecule has 0 unspecified atom stereocenters. The van der Waals surface area contributed by atoms with E-state index >= 15 is 0 Å². The third kappa shape index (κ3) is 3.42. The molecule has 0 aliphatic carbocycles. The number of halogens is 1. The molecule has 1 atom stereocenters. The summed E-state index contributed by atoms with van der Waals surface area (Å²) in [6.07, 6.45) is -0.145. The fraction of sp³-hybridized carbons (Fsp3) is 0.294. The van der Waals surface area contributed by atoms with Gasteiger partial charge in [0, 0.05) is 18.0 Å². The van der Waals surface area contributed by atoms with Crippen LogP contribution in [0.15, 0.2) is 41.3 Å². The van der Waals surface area contributed by atoms with Gasteiger partial charge in [0.1, 0.15) is 5.75 Å². The molecule has 0 spiro atoms.